The van der Waals surface area contributed by atoms with Crippen molar-refractivity contribution in [1.82, 2.24) is 19.8 Å². The fraction of sp³-hybridized carbons (Fsp3) is 0.481. The molecule has 3 saturated heterocycles. The average Bonchev–Trinajstić information content (AvgIpc) is 3.65. The van der Waals surface area contributed by atoms with Crippen molar-refractivity contribution in [3.05, 3.63) is 47.5 Å². The number of hydrogen-bond acceptors (Lipinski definition) is 4. The zero-order valence-electron chi connectivity index (χ0n) is 19.5. The van der Waals surface area contributed by atoms with Gasteiger partial charge in [0.05, 0.1) is 22.0 Å². The van der Waals surface area contributed by atoms with E-state index in [0.717, 1.165) is 73.6 Å². The topological polar surface area (TPSA) is 55.5 Å². The third-order valence-electron chi connectivity index (χ3n) is 7.93. The minimum absolute atomic E-state index is 0.0775. The quantitative estimate of drug-likeness (QED) is 0.586. The van der Waals surface area contributed by atoms with Gasteiger partial charge < -0.3 is 19.7 Å². The van der Waals surface area contributed by atoms with Crippen LogP contribution in [0.15, 0.2) is 42.5 Å². The van der Waals surface area contributed by atoms with Crippen molar-refractivity contribution < 1.29 is 4.79 Å². The molecule has 4 heterocycles. The summed E-state index contributed by atoms with van der Waals surface area (Å²) in [7, 11) is 0. The third-order valence-corrected chi connectivity index (χ3v) is 8.26. The van der Waals surface area contributed by atoms with Gasteiger partial charge in [0.15, 0.2) is 0 Å². The van der Waals surface area contributed by atoms with Gasteiger partial charge in [-0.2, -0.15) is 0 Å². The van der Waals surface area contributed by atoms with Crippen LogP contribution in [0.25, 0.3) is 22.4 Å². The fourth-order valence-corrected chi connectivity index (χ4v) is 6.19. The SMILES string of the molecule is O=C(C1CCN(c2ccc(Cl)c(-c3nc4ccccc4[nH]3)c2)C1)N1CCC(N2CCCC2)CC1. The molecule has 1 unspecified atom stereocenters. The van der Waals surface area contributed by atoms with Crippen LogP contribution >= 0.6 is 11.6 Å². The van der Waals surface area contributed by atoms with Gasteiger partial charge in [-0.25, -0.2) is 4.98 Å². The maximum atomic E-state index is 13.3. The van der Waals surface area contributed by atoms with E-state index in [2.05, 4.69) is 31.8 Å². The number of H-pyrrole nitrogens is 1. The van der Waals surface area contributed by atoms with Gasteiger partial charge in [-0.15, -0.1) is 0 Å². The molecule has 3 fully saturated rings. The lowest BCUT2D eigenvalue weighted by atomic mass is 10.0. The largest absolute Gasteiger partial charge is 0.371 e. The number of fused-ring (bicyclic) bond motifs is 1. The molecule has 2 aromatic carbocycles. The van der Waals surface area contributed by atoms with E-state index >= 15 is 0 Å². The lowest BCUT2D eigenvalue weighted by molar-refractivity contribution is -0.136. The number of hydrogen-bond donors (Lipinski definition) is 1. The number of carbonyl (C=O) groups is 1. The summed E-state index contributed by atoms with van der Waals surface area (Å²) in [6.45, 7) is 5.97. The number of likely N-dealkylation sites (tertiary alicyclic amines) is 2. The Balaban J connectivity index is 1.12. The van der Waals surface area contributed by atoms with Gasteiger partial charge in [-0.1, -0.05) is 23.7 Å². The molecule has 0 spiro atoms. The molecule has 34 heavy (non-hydrogen) atoms. The Bertz CT molecular complexity index is 1150. The number of benzene rings is 2. The first-order chi connectivity index (χ1) is 16.7. The van der Waals surface area contributed by atoms with Crippen LogP contribution in [0.5, 0.6) is 0 Å². The number of imidazole rings is 1. The number of aromatic amines is 1. The number of nitrogens with zero attached hydrogens (tertiary/aromatic N) is 4. The number of aromatic nitrogens is 2. The molecule has 0 bridgehead atoms. The first kappa shape index (κ1) is 21.9. The second kappa shape index (κ2) is 9.23. The van der Waals surface area contributed by atoms with Gasteiger partial charge in [0.1, 0.15) is 5.82 Å². The molecule has 6 rings (SSSR count). The molecule has 1 N–H and O–H groups in total. The van der Waals surface area contributed by atoms with Gasteiger partial charge in [-0.3, -0.25) is 4.79 Å². The highest BCUT2D eigenvalue weighted by Crippen LogP contribution is 2.34. The van der Waals surface area contributed by atoms with E-state index in [1.807, 2.05) is 30.3 Å². The molecule has 1 amide bonds. The van der Waals surface area contributed by atoms with Gasteiger partial charge in [0, 0.05) is 43.5 Å². The van der Waals surface area contributed by atoms with Crippen molar-refractivity contribution in [2.75, 3.05) is 44.2 Å². The summed E-state index contributed by atoms with van der Waals surface area (Å²) in [5.74, 6) is 1.20. The van der Waals surface area contributed by atoms with Crippen molar-refractivity contribution in [2.45, 2.75) is 38.1 Å². The van der Waals surface area contributed by atoms with Crippen LogP contribution in [-0.4, -0.2) is 71.0 Å². The van der Waals surface area contributed by atoms with Crippen LogP contribution in [0, 0.1) is 5.92 Å². The first-order valence-electron chi connectivity index (χ1n) is 12.7. The van der Waals surface area contributed by atoms with Crippen LogP contribution in [0.4, 0.5) is 5.69 Å². The maximum Gasteiger partial charge on any atom is 0.227 e. The normalized spacial score (nSPS) is 22.2. The monoisotopic (exact) mass is 477 g/mol. The Kier molecular flexibility index (Phi) is 5.95. The first-order valence-corrected chi connectivity index (χ1v) is 13.1. The van der Waals surface area contributed by atoms with Crippen LogP contribution in [-0.2, 0) is 4.79 Å². The van der Waals surface area contributed by atoms with Crippen LogP contribution in [0.2, 0.25) is 5.02 Å². The van der Waals surface area contributed by atoms with Crippen LogP contribution in [0.3, 0.4) is 0 Å². The van der Waals surface area contributed by atoms with E-state index in [9.17, 15) is 4.79 Å². The van der Waals surface area contributed by atoms with E-state index < -0.39 is 0 Å². The molecule has 7 heteroatoms. The number of rotatable bonds is 4. The second-order valence-corrected chi connectivity index (χ2v) is 10.4. The van der Waals surface area contributed by atoms with E-state index in [-0.39, 0.29) is 5.92 Å². The Labute approximate surface area is 205 Å². The van der Waals surface area contributed by atoms with Gasteiger partial charge in [0.2, 0.25) is 5.91 Å². The maximum absolute atomic E-state index is 13.3. The zero-order chi connectivity index (χ0) is 23.1. The molecule has 3 aliphatic heterocycles. The Morgan fingerprint density at radius 3 is 2.56 bits per heavy atom. The molecule has 1 aromatic heterocycles. The molecule has 178 valence electrons. The Hall–Kier alpha value is -2.57. The van der Waals surface area contributed by atoms with E-state index in [1.165, 1.54) is 25.9 Å². The summed E-state index contributed by atoms with van der Waals surface area (Å²) in [6, 6.07) is 14.8. The highest BCUT2D eigenvalue weighted by molar-refractivity contribution is 6.33. The summed E-state index contributed by atoms with van der Waals surface area (Å²) in [4.78, 5) is 28.5. The number of carbonyl (C=O) groups excluding carboxylic acids is 1. The predicted octanol–water partition coefficient (Wildman–Crippen LogP) is 4.80. The van der Waals surface area contributed by atoms with E-state index in [4.69, 9.17) is 16.6 Å². The van der Waals surface area contributed by atoms with Crippen molar-refractivity contribution >= 4 is 34.2 Å². The van der Waals surface area contributed by atoms with Crippen molar-refractivity contribution in [3.8, 4) is 11.4 Å². The standard InChI is InChI=1S/C27H32ClN5O/c28-23-8-7-21(17-22(23)26-29-24-5-1-2-6-25(24)30-26)33-14-9-19(18-33)27(34)32-15-10-20(11-16-32)31-12-3-4-13-31/h1-2,5-8,17,19-20H,3-4,9-16,18H2,(H,29,30). The minimum atomic E-state index is 0.0775. The number of halogens is 1. The van der Waals surface area contributed by atoms with Crippen molar-refractivity contribution in [2.24, 2.45) is 5.92 Å². The smallest absolute Gasteiger partial charge is 0.227 e. The van der Waals surface area contributed by atoms with Crippen LogP contribution in [0.1, 0.15) is 32.1 Å². The number of para-hydroxylation sites is 2. The summed E-state index contributed by atoms with van der Waals surface area (Å²) in [5, 5.41) is 0.676. The van der Waals surface area contributed by atoms with Crippen molar-refractivity contribution in [1.29, 1.82) is 0 Å². The van der Waals surface area contributed by atoms with Crippen LogP contribution < -0.4 is 4.90 Å². The second-order valence-electron chi connectivity index (χ2n) is 10.00. The lowest BCUT2D eigenvalue weighted by Gasteiger charge is -2.37. The molecule has 3 aliphatic rings. The summed E-state index contributed by atoms with van der Waals surface area (Å²) in [5.41, 5.74) is 3.93. The van der Waals surface area contributed by atoms with E-state index in [0.29, 0.717) is 17.0 Å². The minimum Gasteiger partial charge on any atom is -0.371 e. The highest BCUT2D eigenvalue weighted by atomic mass is 35.5. The van der Waals surface area contributed by atoms with Gasteiger partial charge >= 0.3 is 0 Å². The molecule has 0 radical (unpaired) electrons. The fourth-order valence-electron chi connectivity index (χ4n) is 5.98. The lowest BCUT2D eigenvalue weighted by Crippen LogP contribution is -2.47. The van der Waals surface area contributed by atoms with E-state index in [1.54, 1.807) is 0 Å². The molecule has 6 nitrogen and oxygen atoms in total. The Morgan fingerprint density at radius 2 is 1.76 bits per heavy atom. The molecule has 1 atom stereocenters. The number of nitrogens with one attached hydrogen (secondary N) is 1. The number of amides is 1. The Morgan fingerprint density at radius 1 is 0.971 bits per heavy atom. The van der Waals surface area contributed by atoms with Crippen molar-refractivity contribution in [3.63, 3.8) is 0 Å². The third kappa shape index (κ3) is 4.18. The molecular weight excluding hydrogens is 446 g/mol. The predicted molar refractivity (Wildman–Crippen MR) is 137 cm³/mol. The highest BCUT2D eigenvalue weighted by Gasteiger charge is 2.34. The van der Waals surface area contributed by atoms with Gasteiger partial charge in [0.25, 0.3) is 0 Å². The molecular formula is C27H32ClN5O. The summed E-state index contributed by atoms with van der Waals surface area (Å²) in [6.07, 6.45) is 5.83. The molecule has 0 saturated carbocycles. The zero-order valence-corrected chi connectivity index (χ0v) is 20.3. The summed E-state index contributed by atoms with van der Waals surface area (Å²) < 4.78 is 0. The number of piperidine rings is 1. The molecule has 0 aliphatic carbocycles. The average molecular weight is 478 g/mol. The van der Waals surface area contributed by atoms with Gasteiger partial charge in [-0.05, 0) is 75.5 Å². The summed E-state index contributed by atoms with van der Waals surface area (Å²) >= 11 is 6.56. The molecule has 3 aromatic rings. The number of anilines is 1.